The van der Waals surface area contributed by atoms with E-state index in [0.29, 0.717) is 38.5 Å². The van der Waals surface area contributed by atoms with Gasteiger partial charge >= 0.3 is 0 Å². The largest absolute Gasteiger partial charge is 0.388 e. The summed E-state index contributed by atoms with van der Waals surface area (Å²) in [5.74, 6) is -0.935. The molecule has 1 aliphatic carbocycles. The van der Waals surface area contributed by atoms with Crippen molar-refractivity contribution < 1.29 is 19.8 Å². The normalized spacial score (nSPS) is 19.6. The van der Waals surface area contributed by atoms with E-state index in [1.54, 1.807) is 4.90 Å². The zero-order chi connectivity index (χ0) is 21.0. The molecule has 1 fully saturated rings. The first-order valence-electron chi connectivity index (χ1n) is 10.6. The van der Waals surface area contributed by atoms with Crippen molar-refractivity contribution in [1.29, 1.82) is 0 Å². The third-order valence-corrected chi connectivity index (χ3v) is 7.41. The standard InChI is InChI=1S/C21H40N2O4/c1-7-20(26,8-2)15(5)23(16(6)21(27,9-3)10-4)18(25)19(17(22)24)13-11-12-14-19/h15-16,26-27H,7-14H2,1-6H3,(H2,22,24)/t15-,16-/m1/s1. The van der Waals surface area contributed by atoms with Crippen LogP contribution in [0.2, 0.25) is 0 Å². The molecule has 6 heteroatoms. The molecule has 0 saturated heterocycles. The van der Waals surface area contributed by atoms with Crippen LogP contribution in [-0.4, -0.2) is 50.2 Å². The number of hydrogen-bond acceptors (Lipinski definition) is 4. The number of rotatable bonds is 10. The molecule has 0 aromatic rings. The van der Waals surface area contributed by atoms with Crippen LogP contribution in [0.4, 0.5) is 0 Å². The lowest BCUT2D eigenvalue weighted by molar-refractivity contribution is -0.168. The van der Waals surface area contributed by atoms with Gasteiger partial charge in [0.05, 0.1) is 23.3 Å². The summed E-state index contributed by atoms with van der Waals surface area (Å²) in [4.78, 5) is 27.7. The van der Waals surface area contributed by atoms with Crippen molar-refractivity contribution in [2.24, 2.45) is 11.1 Å². The van der Waals surface area contributed by atoms with Crippen LogP contribution in [0.25, 0.3) is 0 Å². The third-order valence-electron chi connectivity index (χ3n) is 7.41. The number of hydrogen-bond donors (Lipinski definition) is 3. The Balaban J connectivity index is 3.50. The summed E-state index contributed by atoms with van der Waals surface area (Å²) < 4.78 is 0. The Morgan fingerprint density at radius 1 is 0.926 bits per heavy atom. The van der Waals surface area contributed by atoms with Crippen molar-refractivity contribution in [1.82, 2.24) is 4.90 Å². The summed E-state index contributed by atoms with van der Waals surface area (Å²) in [5.41, 5.74) is 2.29. The van der Waals surface area contributed by atoms with E-state index in [4.69, 9.17) is 5.73 Å². The van der Waals surface area contributed by atoms with Crippen LogP contribution in [0.3, 0.4) is 0 Å². The summed E-state index contributed by atoms with van der Waals surface area (Å²) in [6.07, 6.45) is 4.33. The Kier molecular flexibility index (Phi) is 7.88. The van der Waals surface area contributed by atoms with Gasteiger partial charge in [-0.15, -0.1) is 0 Å². The van der Waals surface area contributed by atoms with Crippen LogP contribution in [0.5, 0.6) is 0 Å². The van der Waals surface area contributed by atoms with E-state index in [0.717, 1.165) is 12.8 Å². The number of aliphatic hydroxyl groups is 2. The predicted molar refractivity (Wildman–Crippen MR) is 107 cm³/mol. The first-order valence-corrected chi connectivity index (χ1v) is 10.6. The second-order valence-electron chi connectivity index (χ2n) is 8.34. The van der Waals surface area contributed by atoms with Gasteiger partial charge in [-0.1, -0.05) is 40.5 Å². The molecule has 6 nitrogen and oxygen atoms in total. The van der Waals surface area contributed by atoms with Crippen molar-refractivity contribution in [3.8, 4) is 0 Å². The molecule has 1 rings (SSSR count). The van der Waals surface area contributed by atoms with Gasteiger partial charge in [0.2, 0.25) is 11.8 Å². The zero-order valence-corrected chi connectivity index (χ0v) is 18.0. The van der Waals surface area contributed by atoms with E-state index in [1.165, 1.54) is 0 Å². The van der Waals surface area contributed by atoms with E-state index in [9.17, 15) is 19.8 Å². The van der Waals surface area contributed by atoms with E-state index in [2.05, 4.69) is 0 Å². The van der Waals surface area contributed by atoms with Crippen LogP contribution in [0, 0.1) is 5.41 Å². The Bertz CT molecular complexity index is 496. The van der Waals surface area contributed by atoms with Crippen molar-refractivity contribution in [2.45, 2.75) is 116 Å². The fraction of sp³-hybridized carbons (Fsp3) is 0.905. The average Bonchev–Trinajstić information content (AvgIpc) is 3.17. The Morgan fingerprint density at radius 2 is 1.26 bits per heavy atom. The highest BCUT2D eigenvalue weighted by atomic mass is 16.3. The molecule has 0 spiro atoms. The Labute approximate surface area is 164 Å². The second kappa shape index (κ2) is 8.91. The molecular weight excluding hydrogens is 344 g/mol. The van der Waals surface area contributed by atoms with Crippen LogP contribution in [-0.2, 0) is 9.59 Å². The molecule has 0 aromatic carbocycles. The molecule has 2 atom stereocenters. The minimum absolute atomic E-state index is 0.340. The monoisotopic (exact) mass is 384 g/mol. The fourth-order valence-corrected chi connectivity index (χ4v) is 4.68. The Morgan fingerprint density at radius 3 is 1.52 bits per heavy atom. The van der Waals surface area contributed by atoms with Gasteiger partial charge in [0.25, 0.3) is 0 Å². The lowest BCUT2D eigenvalue weighted by atomic mass is 9.78. The van der Waals surface area contributed by atoms with Gasteiger partial charge in [0, 0.05) is 0 Å². The number of amides is 2. The van der Waals surface area contributed by atoms with Gasteiger partial charge in [-0.2, -0.15) is 0 Å². The van der Waals surface area contributed by atoms with Crippen molar-refractivity contribution >= 4 is 11.8 Å². The molecule has 0 aliphatic heterocycles. The van der Waals surface area contributed by atoms with Gasteiger partial charge in [0.1, 0.15) is 5.41 Å². The van der Waals surface area contributed by atoms with Gasteiger partial charge in [-0.25, -0.2) is 0 Å². The molecule has 0 unspecified atom stereocenters. The van der Waals surface area contributed by atoms with Crippen molar-refractivity contribution in [3.05, 3.63) is 0 Å². The number of nitrogens with zero attached hydrogens (tertiary/aromatic N) is 1. The zero-order valence-electron chi connectivity index (χ0n) is 18.0. The average molecular weight is 385 g/mol. The lowest BCUT2D eigenvalue weighted by Crippen LogP contribution is -2.65. The number of nitrogens with two attached hydrogens (primary N) is 1. The summed E-state index contributed by atoms with van der Waals surface area (Å²) in [5, 5.41) is 22.3. The Hall–Kier alpha value is -1.14. The summed E-state index contributed by atoms with van der Waals surface area (Å²) in [6, 6.07) is -1.09. The highest BCUT2D eigenvalue weighted by molar-refractivity contribution is 6.05. The smallest absolute Gasteiger partial charge is 0.238 e. The molecular formula is C21H40N2O4. The molecule has 0 radical (unpaired) electrons. The molecule has 158 valence electrons. The number of carbonyl (C=O) groups excluding carboxylic acids is 2. The first-order chi connectivity index (χ1) is 12.5. The highest BCUT2D eigenvalue weighted by Crippen LogP contribution is 2.43. The van der Waals surface area contributed by atoms with E-state index >= 15 is 0 Å². The minimum Gasteiger partial charge on any atom is -0.388 e. The number of primary amides is 1. The highest BCUT2D eigenvalue weighted by Gasteiger charge is 2.54. The molecule has 0 bridgehead atoms. The first kappa shape index (κ1) is 23.9. The summed E-state index contributed by atoms with van der Waals surface area (Å²) in [6.45, 7) is 11.2. The van der Waals surface area contributed by atoms with Gasteiger partial charge in [-0.05, 0) is 52.4 Å². The third kappa shape index (κ3) is 4.16. The van der Waals surface area contributed by atoms with Crippen LogP contribution in [0.1, 0.15) is 92.9 Å². The van der Waals surface area contributed by atoms with Crippen molar-refractivity contribution in [2.75, 3.05) is 0 Å². The van der Waals surface area contributed by atoms with Crippen LogP contribution in [0.15, 0.2) is 0 Å². The van der Waals surface area contributed by atoms with Crippen LogP contribution < -0.4 is 5.73 Å². The molecule has 0 heterocycles. The minimum atomic E-state index is -1.23. The molecule has 0 aromatic heterocycles. The van der Waals surface area contributed by atoms with Crippen molar-refractivity contribution in [3.63, 3.8) is 0 Å². The topological polar surface area (TPSA) is 104 Å². The van der Waals surface area contributed by atoms with E-state index in [-0.39, 0.29) is 5.91 Å². The molecule has 2 amide bonds. The summed E-state index contributed by atoms with van der Waals surface area (Å²) >= 11 is 0. The molecule has 1 aliphatic rings. The van der Waals surface area contributed by atoms with E-state index in [1.807, 2.05) is 41.5 Å². The predicted octanol–water partition coefficient (Wildman–Crippen LogP) is 2.74. The maximum Gasteiger partial charge on any atom is 0.238 e. The van der Waals surface area contributed by atoms with Gasteiger partial charge in [-0.3, -0.25) is 9.59 Å². The maximum atomic E-state index is 13.8. The van der Waals surface area contributed by atoms with Gasteiger partial charge < -0.3 is 20.8 Å². The van der Waals surface area contributed by atoms with Gasteiger partial charge in [0.15, 0.2) is 0 Å². The second-order valence-corrected chi connectivity index (χ2v) is 8.34. The molecule has 27 heavy (non-hydrogen) atoms. The quantitative estimate of drug-likeness (QED) is 0.504. The summed E-state index contributed by atoms with van der Waals surface area (Å²) in [7, 11) is 0. The maximum absolute atomic E-state index is 13.8. The SMILES string of the molecule is CCC(O)(CC)[C@@H](C)N(C(=O)C1(C(N)=O)CCCC1)[C@H](C)C(O)(CC)CC. The lowest BCUT2D eigenvalue weighted by Gasteiger charge is -2.50. The molecule has 4 N–H and O–H groups in total. The fourth-order valence-electron chi connectivity index (χ4n) is 4.68. The van der Waals surface area contributed by atoms with Crippen LogP contribution >= 0.6 is 0 Å². The number of carbonyl (C=O) groups is 2. The van der Waals surface area contributed by atoms with E-state index < -0.39 is 34.6 Å². The molecule has 1 saturated carbocycles.